The van der Waals surface area contributed by atoms with Gasteiger partial charge in [-0.3, -0.25) is 9.69 Å². The number of carbonyl (C=O) groups excluding carboxylic acids is 1. The zero-order valence-electron chi connectivity index (χ0n) is 22.0. The highest BCUT2D eigenvalue weighted by molar-refractivity contribution is 5.80. The molecule has 1 aliphatic heterocycles. The van der Waals surface area contributed by atoms with Crippen molar-refractivity contribution in [3.63, 3.8) is 0 Å². The Morgan fingerprint density at radius 1 is 1.31 bits per heavy atom. The molecule has 3 unspecified atom stereocenters. The summed E-state index contributed by atoms with van der Waals surface area (Å²) in [5.74, 6) is -0.0258. The minimum absolute atomic E-state index is 0.0212. The second-order valence-electron chi connectivity index (χ2n) is 12.0. The Morgan fingerprint density at radius 2 is 2.03 bits per heavy atom. The van der Waals surface area contributed by atoms with Gasteiger partial charge in [-0.05, 0) is 65.4 Å². The SMILES string of the molecule is COC1C=C(N2CCN(C(O)[C@@H]3CCCC[C@@H]3C(=O)NC3(N)CC3)[C@H](C)C2)CCC1C(C)(C)C#N. The Labute approximate surface area is 210 Å². The number of carbonyl (C=O) groups is 1. The Balaban J connectivity index is 1.39. The number of methoxy groups -OCH3 is 1. The minimum Gasteiger partial charge on any atom is -0.378 e. The molecule has 1 heterocycles. The summed E-state index contributed by atoms with van der Waals surface area (Å²) < 4.78 is 5.80. The van der Waals surface area contributed by atoms with Crippen molar-refractivity contribution in [2.45, 2.75) is 96.2 Å². The van der Waals surface area contributed by atoms with Gasteiger partial charge in [-0.2, -0.15) is 5.26 Å². The molecule has 0 bridgehead atoms. The fraction of sp³-hybridized carbons (Fsp3) is 0.852. The van der Waals surface area contributed by atoms with E-state index in [4.69, 9.17) is 10.5 Å². The van der Waals surface area contributed by atoms with Gasteiger partial charge in [-0.1, -0.05) is 12.8 Å². The maximum absolute atomic E-state index is 13.0. The molecule has 0 aromatic rings. The fourth-order valence-electron chi connectivity index (χ4n) is 6.52. The van der Waals surface area contributed by atoms with Crippen LogP contribution >= 0.6 is 0 Å². The van der Waals surface area contributed by atoms with Gasteiger partial charge in [-0.15, -0.1) is 0 Å². The van der Waals surface area contributed by atoms with Gasteiger partial charge in [0.05, 0.1) is 23.3 Å². The van der Waals surface area contributed by atoms with Crippen LogP contribution in [0.4, 0.5) is 0 Å². The number of aliphatic hydroxyl groups is 1. The van der Waals surface area contributed by atoms with Gasteiger partial charge in [0.2, 0.25) is 5.91 Å². The summed E-state index contributed by atoms with van der Waals surface area (Å²) >= 11 is 0. The van der Waals surface area contributed by atoms with Crippen LogP contribution in [0.1, 0.15) is 72.1 Å². The van der Waals surface area contributed by atoms with Crippen LogP contribution in [-0.4, -0.2) is 71.6 Å². The Hall–Kier alpha value is -1.66. The molecular weight excluding hydrogens is 442 g/mol. The number of hydrogen-bond donors (Lipinski definition) is 3. The van der Waals surface area contributed by atoms with Crippen molar-refractivity contribution in [1.29, 1.82) is 5.26 Å². The number of ether oxygens (including phenoxy) is 1. The standard InChI is InChI=1S/C27H45N5O3/c1-18-16-31(19-9-10-22(23(15-19)35-4)26(2,3)17-28)13-14-32(18)25(34)21-8-6-5-7-20(21)24(33)30-27(29)11-12-27/h15,18,20-23,25,34H,5-14,16,29H2,1-4H3,(H,30,33)/t18-,20+,21-,22?,23?,25?/m1/s1. The maximum Gasteiger partial charge on any atom is 0.224 e. The molecule has 3 aliphatic carbocycles. The van der Waals surface area contributed by atoms with E-state index in [0.717, 1.165) is 71.0 Å². The first-order chi connectivity index (χ1) is 16.6. The third-order valence-corrected chi connectivity index (χ3v) is 9.08. The van der Waals surface area contributed by atoms with Crippen LogP contribution in [0, 0.1) is 34.5 Å². The highest BCUT2D eigenvalue weighted by atomic mass is 16.5. The Kier molecular flexibility index (Phi) is 7.82. The number of piperazine rings is 1. The van der Waals surface area contributed by atoms with Crippen molar-refractivity contribution in [1.82, 2.24) is 15.1 Å². The molecule has 196 valence electrons. The van der Waals surface area contributed by atoms with Gasteiger partial charge in [0.1, 0.15) is 6.23 Å². The van der Waals surface area contributed by atoms with Crippen molar-refractivity contribution in [3.05, 3.63) is 11.8 Å². The lowest BCUT2D eigenvalue weighted by atomic mass is 9.71. The van der Waals surface area contributed by atoms with Crippen molar-refractivity contribution in [2.75, 3.05) is 26.7 Å². The van der Waals surface area contributed by atoms with Gasteiger partial charge in [0, 0.05) is 56.2 Å². The van der Waals surface area contributed by atoms with E-state index < -0.39 is 17.3 Å². The van der Waals surface area contributed by atoms with Crippen molar-refractivity contribution >= 4 is 5.91 Å². The molecule has 0 aromatic heterocycles. The molecule has 35 heavy (non-hydrogen) atoms. The first kappa shape index (κ1) is 26.4. The highest BCUT2D eigenvalue weighted by Crippen LogP contribution is 2.40. The van der Waals surface area contributed by atoms with Crippen molar-refractivity contribution < 1.29 is 14.6 Å². The van der Waals surface area contributed by atoms with Gasteiger partial charge >= 0.3 is 0 Å². The number of aliphatic hydroxyl groups excluding tert-OH is 1. The molecule has 4 aliphatic rings. The van der Waals surface area contributed by atoms with Gasteiger partial charge < -0.3 is 25.8 Å². The van der Waals surface area contributed by atoms with Crippen LogP contribution in [0.2, 0.25) is 0 Å². The molecule has 1 saturated heterocycles. The normalized spacial score (nSPS) is 34.5. The number of nitriles is 1. The van der Waals surface area contributed by atoms with Crippen LogP contribution in [0.5, 0.6) is 0 Å². The predicted octanol–water partition coefficient (Wildman–Crippen LogP) is 2.54. The number of nitrogens with two attached hydrogens (primary N) is 1. The minimum atomic E-state index is -0.621. The Morgan fingerprint density at radius 3 is 2.66 bits per heavy atom. The molecule has 8 heteroatoms. The van der Waals surface area contributed by atoms with Crippen LogP contribution in [0.25, 0.3) is 0 Å². The lowest BCUT2D eigenvalue weighted by Gasteiger charge is -2.48. The number of rotatable bonds is 7. The number of hydrogen-bond acceptors (Lipinski definition) is 7. The second-order valence-corrected chi connectivity index (χ2v) is 12.0. The summed E-state index contributed by atoms with van der Waals surface area (Å²) in [6, 6.07) is 2.63. The first-order valence-corrected chi connectivity index (χ1v) is 13.5. The molecule has 4 N–H and O–H groups in total. The van der Waals surface area contributed by atoms with E-state index in [2.05, 4.69) is 34.2 Å². The number of allylic oxidation sites excluding steroid dienone is 1. The summed E-state index contributed by atoms with van der Waals surface area (Å²) in [6.07, 6.45) is 8.87. The van der Waals surface area contributed by atoms with Crippen LogP contribution in [0.3, 0.4) is 0 Å². The molecule has 8 nitrogen and oxygen atoms in total. The molecular formula is C27H45N5O3. The van der Waals surface area contributed by atoms with Crippen LogP contribution < -0.4 is 11.1 Å². The maximum atomic E-state index is 13.0. The van der Waals surface area contributed by atoms with Gasteiger partial charge in [0.15, 0.2) is 0 Å². The summed E-state index contributed by atoms with van der Waals surface area (Å²) in [7, 11) is 1.73. The van der Waals surface area contributed by atoms with Gasteiger partial charge in [-0.25, -0.2) is 0 Å². The third-order valence-electron chi connectivity index (χ3n) is 9.08. The summed E-state index contributed by atoms with van der Waals surface area (Å²) in [6.45, 7) is 8.61. The van der Waals surface area contributed by atoms with E-state index in [1.807, 2.05) is 13.8 Å². The molecule has 3 fully saturated rings. The second kappa shape index (κ2) is 10.4. The third kappa shape index (κ3) is 5.69. The van der Waals surface area contributed by atoms with Crippen molar-refractivity contribution in [3.8, 4) is 6.07 Å². The van der Waals surface area contributed by atoms with E-state index in [1.165, 1.54) is 5.70 Å². The molecule has 0 spiro atoms. The first-order valence-electron chi connectivity index (χ1n) is 13.5. The Bertz CT molecular complexity index is 848. The zero-order chi connectivity index (χ0) is 25.4. The summed E-state index contributed by atoms with van der Waals surface area (Å²) in [4.78, 5) is 17.6. The monoisotopic (exact) mass is 487 g/mol. The van der Waals surface area contributed by atoms with E-state index in [1.54, 1.807) is 7.11 Å². The number of nitrogens with one attached hydrogen (secondary N) is 1. The lowest BCUT2D eigenvalue weighted by Crippen LogP contribution is -2.59. The molecule has 1 amide bonds. The van der Waals surface area contributed by atoms with E-state index in [9.17, 15) is 15.2 Å². The smallest absolute Gasteiger partial charge is 0.224 e. The molecule has 6 atom stereocenters. The van der Waals surface area contributed by atoms with E-state index >= 15 is 0 Å². The molecule has 0 aromatic carbocycles. The van der Waals surface area contributed by atoms with Gasteiger partial charge in [0.25, 0.3) is 0 Å². The number of amides is 1. The summed E-state index contributed by atoms with van der Waals surface area (Å²) in [5.41, 5.74) is 6.49. The molecule has 2 saturated carbocycles. The molecule has 0 radical (unpaired) electrons. The average Bonchev–Trinajstić information content (AvgIpc) is 3.59. The predicted molar refractivity (Wildman–Crippen MR) is 134 cm³/mol. The zero-order valence-corrected chi connectivity index (χ0v) is 22.0. The average molecular weight is 488 g/mol. The number of nitrogens with zero attached hydrogens (tertiary/aromatic N) is 3. The molecule has 4 rings (SSSR count). The fourth-order valence-corrected chi connectivity index (χ4v) is 6.52. The van der Waals surface area contributed by atoms with Crippen LogP contribution in [-0.2, 0) is 9.53 Å². The quantitative estimate of drug-likeness (QED) is 0.473. The topological polar surface area (TPSA) is 115 Å². The highest BCUT2D eigenvalue weighted by Gasteiger charge is 2.45. The van der Waals surface area contributed by atoms with E-state index in [0.29, 0.717) is 0 Å². The van der Waals surface area contributed by atoms with Crippen LogP contribution in [0.15, 0.2) is 11.8 Å². The lowest BCUT2D eigenvalue weighted by molar-refractivity contribution is -0.140. The van der Waals surface area contributed by atoms with E-state index in [-0.39, 0.29) is 35.8 Å². The van der Waals surface area contributed by atoms with Crippen molar-refractivity contribution in [2.24, 2.45) is 28.9 Å². The largest absolute Gasteiger partial charge is 0.378 e. The summed E-state index contributed by atoms with van der Waals surface area (Å²) in [5, 5.41) is 24.1.